The Morgan fingerprint density at radius 1 is 1.03 bits per heavy atom. The third-order valence-electron chi connectivity index (χ3n) is 3.78. The number of hydrogen-bond acceptors (Lipinski definition) is 5. The van der Waals surface area contributed by atoms with Crippen LogP contribution >= 0.6 is 0 Å². The van der Waals surface area contributed by atoms with E-state index in [1.165, 1.54) is 0 Å². The summed E-state index contributed by atoms with van der Waals surface area (Å²) in [6, 6.07) is 16.7. The molecule has 7 nitrogen and oxygen atoms in total. The van der Waals surface area contributed by atoms with Gasteiger partial charge in [-0.1, -0.05) is 30.3 Å². The Labute approximate surface area is 171 Å². The van der Waals surface area contributed by atoms with E-state index < -0.39 is 23.6 Å². The molecule has 29 heavy (non-hydrogen) atoms. The molecule has 0 heterocycles. The molecule has 0 bridgehead atoms. The van der Waals surface area contributed by atoms with Gasteiger partial charge in [0.25, 0.3) is 5.91 Å². The van der Waals surface area contributed by atoms with Crippen LogP contribution < -0.4 is 15.4 Å². The zero-order chi connectivity index (χ0) is 21.3. The Bertz CT molecular complexity index is 785. The zero-order valence-corrected chi connectivity index (χ0v) is 17.0. The molecule has 0 saturated carbocycles. The van der Waals surface area contributed by atoms with Crippen molar-refractivity contribution in [2.24, 2.45) is 0 Å². The van der Waals surface area contributed by atoms with Crippen molar-refractivity contribution in [3.63, 3.8) is 0 Å². The minimum atomic E-state index is -1.10. The van der Waals surface area contributed by atoms with Gasteiger partial charge in [-0.3, -0.25) is 4.79 Å². The van der Waals surface area contributed by atoms with Crippen LogP contribution in [0.25, 0.3) is 0 Å². The quantitative estimate of drug-likeness (QED) is 0.630. The van der Waals surface area contributed by atoms with Gasteiger partial charge in [0, 0.05) is 24.3 Å². The van der Waals surface area contributed by atoms with E-state index in [0.717, 1.165) is 5.56 Å². The molecule has 2 rings (SSSR count). The Kier molecular flexibility index (Phi) is 8.03. The largest absolute Gasteiger partial charge is 0.489 e. The maximum absolute atomic E-state index is 12.4. The molecule has 1 atom stereocenters. The van der Waals surface area contributed by atoms with Gasteiger partial charge >= 0.3 is 6.09 Å². The minimum Gasteiger partial charge on any atom is -0.489 e. The number of nitrogens with one attached hydrogen (secondary N) is 2. The summed E-state index contributed by atoms with van der Waals surface area (Å²) < 4.78 is 10.9. The lowest BCUT2D eigenvalue weighted by atomic mass is 10.1. The highest BCUT2D eigenvalue weighted by molar-refractivity contribution is 5.95. The molecule has 156 valence electrons. The standard InChI is InChI=1S/C22H28N2O5/c1-22(2,3)24-21(27)29-19(13-14-25)20(26)23-17-9-11-18(12-10-17)28-15-16-7-5-4-6-8-16/h4-12,19,25H,13-15H2,1-3H3,(H,23,26)(H,24,27). The number of hydrogen-bond donors (Lipinski definition) is 3. The molecule has 0 aliphatic heterocycles. The van der Waals surface area contributed by atoms with Crippen molar-refractivity contribution >= 4 is 17.7 Å². The molecule has 0 spiro atoms. The van der Waals surface area contributed by atoms with Gasteiger partial charge in [-0.2, -0.15) is 0 Å². The van der Waals surface area contributed by atoms with Crippen molar-refractivity contribution in [1.29, 1.82) is 0 Å². The second kappa shape index (κ2) is 10.5. The van der Waals surface area contributed by atoms with Gasteiger partial charge in [0.05, 0.1) is 0 Å². The third-order valence-corrected chi connectivity index (χ3v) is 3.78. The van der Waals surface area contributed by atoms with E-state index in [9.17, 15) is 14.7 Å². The second-order valence-corrected chi connectivity index (χ2v) is 7.57. The predicted octanol–water partition coefficient (Wildman–Crippen LogP) is 3.48. The van der Waals surface area contributed by atoms with Gasteiger partial charge < -0.3 is 25.2 Å². The van der Waals surface area contributed by atoms with Crippen LogP contribution in [0.4, 0.5) is 10.5 Å². The van der Waals surface area contributed by atoms with E-state index in [-0.39, 0.29) is 13.0 Å². The van der Waals surface area contributed by atoms with E-state index in [2.05, 4.69) is 10.6 Å². The number of amides is 2. The fourth-order valence-electron chi connectivity index (χ4n) is 2.42. The summed E-state index contributed by atoms with van der Waals surface area (Å²) >= 11 is 0. The number of anilines is 1. The summed E-state index contributed by atoms with van der Waals surface area (Å²) in [4.78, 5) is 24.4. The van der Waals surface area contributed by atoms with Crippen LogP contribution in [-0.2, 0) is 16.1 Å². The number of alkyl carbamates (subject to hydrolysis) is 1. The summed E-state index contributed by atoms with van der Waals surface area (Å²) in [6.45, 7) is 5.57. The molecule has 0 aliphatic rings. The van der Waals surface area contributed by atoms with Crippen LogP contribution in [0.5, 0.6) is 5.75 Å². The summed E-state index contributed by atoms with van der Waals surface area (Å²) in [5.41, 5.74) is 1.10. The van der Waals surface area contributed by atoms with E-state index in [1.54, 1.807) is 45.0 Å². The summed E-state index contributed by atoms with van der Waals surface area (Å²) in [7, 11) is 0. The van der Waals surface area contributed by atoms with Crippen LogP contribution in [0, 0.1) is 0 Å². The fraction of sp³-hybridized carbons (Fsp3) is 0.364. The molecule has 0 radical (unpaired) electrons. The molecule has 0 aliphatic carbocycles. The van der Waals surface area contributed by atoms with Gasteiger partial charge in [0.15, 0.2) is 6.10 Å². The minimum absolute atomic E-state index is 0.00165. The van der Waals surface area contributed by atoms with Crippen molar-refractivity contribution in [2.45, 2.75) is 45.4 Å². The van der Waals surface area contributed by atoms with Gasteiger partial charge in [-0.05, 0) is 50.6 Å². The third kappa shape index (κ3) is 8.23. The van der Waals surface area contributed by atoms with Crippen LogP contribution in [0.1, 0.15) is 32.8 Å². The molecular formula is C22H28N2O5. The molecule has 1 unspecified atom stereocenters. The molecule has 2 aromatic carbocycles. The monoisotopic (exact) mass is 400 g/mol. The molecular weight excluding hydrogens is 372 g/mol. The smallest absolute Gasteiger partial charge is 0.408 e. The first kappa shape index (κ1) is 22.2. The first-order valence-corrected chi connectivity index (χ1v) is 9.44. The highest BCUT2D eigenvalue weighted by Crippen LogP contribution is 2.18. The molecule has 2 amide bonds. The Morgan fingerprint density at radius 2 is 1.69 bits per heavy atom. The molecule has 0 saturated heterocycles. The first-order valence-electron chi connectivity index (χ1n) is 9.44. The van der Waals surface area contributed by atoms with Crippen molar-refractivity contribution < 1.29 is 24.2 Å². The highest BCUT2D eigenvalue weighted by atomic mass is 16.6. The molecule has 0 aromatic heterocycles. The van der Waals surface area contributed by atoms with E-state index in [0.29, 0.717) is 18.0 Å². The number of aliphatic hydroxyl groups excluding tert-OH is 1. The Morgan fingerprint density at radius 3 is 2.28 bits per heavy atom. The summed E-state index contributed by atoms with van der Waals surface area (Å²) in [5.74, 6) is 0.153. The fourth-order valence-corrected chi connectivity index (χ4v) is 2.42. The Hall–Kier alpha value is -3.06. The van der Waals surface area contributed by atoms with Gasteiger partial charge in [-0.25, -0.2) is 4.79 Å². The Balaban J connectivity index is 1.90. The van der Waals surface area contributed by atoms with Gasteiger partial charge in [0.1, 0.15) is 12.4 Å². The lowest BCUT2D eigenvalue weighted by Crippen LogP contribution is -2.44. The SMILES string of the molecule is CC(C)(C)NC(=O)OC(CCO)C(=O)Nc1ccc(OCc2ccccc2)cc1. The number of carbonyl (C=O) groups excluding carboxylic acids is 2. The lowest BCUT2D eigenvalue weighted by Gasteiger charge is -2.23. The van der Waals surface area contributed by atoms with E-state index in [4.69, 9.17) is 9.47 Å². The molecule has 0 fully saturated rings. The normalized spacial score (nSPS) is 12.0. The van der Waals surface area contributed by atoms with E-state index >= 15 is 0 Å². The van der Waals surface area contributed by atoms with Crippen LogP contribution in [-0.4, -0.2) is 35.4 Å². The molecule has 7 heteroatoms. The van der Waals surface area contributed by atoms with Crippen molar-refractivity contribution in [3.8, 4) is 5.75 Å². The number of ether oxygens (including phenoxy) is 2. The maximum atomic E-state index is 12.4. The van der Waals surface area contributed by atoms with Crippen LogP contribution in [0.15, 0.2) is 54.6 Å². The number of benzene rings is 2. The predicted molar refractivity (Wildman–Crippen MR) is 111 cm³/mol. The topological polar surface area (TPSA) is 96.9 Å². The van der Waals surface area contributed by atoms with Gasteiger partial charge in [-0.15, -0.1) is 0 Å². The van der Waals surface area contributed by atoms with Crippen molar-refractivity contribution in [1.82, 2.24) is 5.32 Å². The number of carbonyl (C=O) groups is 2. The summed E-state index contributed by atoms with van der Waals surface area (Å²) in [5, 5.41) is 14.5. The molecule has 3 N–H and O–H groups in total. The van der Waals surface area contributed by atoms with Gasteiger partial charge in [0.2, 0.25) is 0 Å². The van der Waals surface area contributed by atoms with Crippen molar-refractivity contribution in [3.05, 3.63) is 60.2 Å². The van der Waals surface area contributed by atoms with Crippen LogP contribution in [0.3, 0.4) is 0 Å². The lowest BCUT2D eigenvalue weighted by molar-refractivity contribution is -0.125. The average Bonchev–Trinajstić information content (AvgIpc) is 2.66. The zero-order valence-electron chi connectivity index (χ0n) is 17.0. The van der Waals surface area contributed by atoms with Crippen molar-refractivity contribution in [2.75, 3.05) is 11.9 Å². The number of aliphatic hydroxyl groups is 1. The first-order chi connectivity index (χ1) is 13.8. The number of rotatable bonds is 8. The molecule has 2 aromatic rings. The second-order valence-electron chi connectivity index (χ2n) is 7.57. The highest BCUT2D eigenvalue weighted by Gasteiger charge is 2.24. The maximum Gasteiger partial charge on any atom is 0.408 e. The van der Waals surface area contributed by atoms with Crippen LogP contribution in [0.2, 0.25) is 0 Å². The average molecular weight is 400 g/mol. The van der Waals surface area contributed by atoms with E-state index in [1.807, 2.05) is 30.3 Å². The summed E-state index contributed by atoms with van der Waals surface area (Å²) in [6.07, 6.45) is -1.81.